The fraction of sp³-hybridized carbons (Fsp3) is 0.435. The summed E-state index contributed by atoms with van der Waals surface area (Å²) in [5.74, 6) is 0. The third kappa shape index (κ3) is 4.89. The topological polar surface area (TPSA) is 35.6 Å². The van der Waals surface area contributed by atoms with Crippen LogP contribution in [0.2, 0.25) is 0 Å². The number of amides is 2. The Bertz CT molecular complexity index is 727. The Morgan fingerprint density at radius 1 is 1.04 bits per heavy atom. The van der Waals surface area contributed by atoms with Crippen molar-refractivity contribution in [3.63, 3.8) is 0 Å². The van der Waals surface area contributed by atoms with E-state index >= 15 is 0 Å². The molecule has 1 saturated heterocycles. The molecule has 0 bridgehead atoms. The zero-order valence-corrected chi connectivity index (χ0v) is 16.5. The molecule has 4 heteroatoms. The van der Waals surface area contributed by atoms with Gasteiger partial charge in [0.2, 0.25) is 0 Å². The number of benzene rings is 2. The second-order valence-corrected chi connectivity index (χ2v) is 7.15. The first-order chi connectivity index (χ1) is 13.2. The molecule has 0 aromatic heterocycles. The molecule has 1 fully saturated rings. The van der Waals surface area contributed by atoms with E-state index in [0.29, 0.717) is 6.54 Å². The summed E-state index contributed by atoms with van der Waals surface area (Å²) in [6.07, 6.45) is 2.10. The molecular formula is C23H31N3O. The van der Waals surface area contributed by atoms with Crippen molar-refractivity contribution in [1.82, 2.24) is 15.1 Å². The van der Waals surface area contributed by atoms with Crippen LogP contribution in [0.3, 0.4) is 0 Å². The SMILES string of the molecule is CCN(CC)Cc1ccccc1CNC(=O)N1CCCC1c1ccccc1. The first kappa shape index (κ1) is 19.4. The Kier molecular flexibility index (Phi) is 6.88. The lowest BCUT2D eigenvalue weighted by Crippen LogP contribution is -2.39. The lowest BCUT2D eigenvalue weighted by Gasteiger charge is -2.26. The standard InChI is InChI=1S/C23H31N3O/c1-3-25(4-2)18-21-14-9-8-13-20(21)17-24-23(27)26-16-10-15-22(26)19-11-6-5-7-12-19/h5-9,11-14,22H,3-4,10,15-18H2,1-2H3,(H,24,27). The van der Waals surface area contributed by atoms with Crippen LogP contribution in [0.4, 0.5) is 4.79 Å². The fourth-order valence-electron chi connectivity index (χ4n) is 3.88. The van der Waals surface area contributed by atoms with Crippen LogP contribution >= 0.6 is 0 Å². The quantitative estimate of drug-likeness (QED) is 0.780. The fourth-order valence-corrected chi connectivity index (χ4v) is 3.88. The van der Waals surface area contributed by atoms with E-state index < -0.39 is 0 Å². The number of urea groups is 1. The molecule has 3 rings (SSSR count). The Hall–Kier alpha value is -2.33. The second-order valence-electron chi connectivity index (χ2n) is 7.15. The van der Waals surface area contributed by atoms with Crippen LogP contribution in [-0.4, -0.2) is 35.5 Å². The van der Waals surface area contributed by atoms with Gasteiger partial charge in [-0.25, -0.2) is 4.79 Å². The summed E-state index contributed by atoms with van der Waals surface area (Å²) in [6, 6.07) is 19.0. The van der Waals surface area contributed by atoms with Gasteiger partial charge in [0.15, 0.2) is 0 Å². The zero-order valence-electron chi connectivity index (χ0n) is 16.5. The highest BCUT2D eigenvalue weighted by Gasteiger charge is 2.29. The molecule has 1 aliphatic heterocycles. The van der Waals surface area contributed by atoms with E-state index in [1.54, 1.807) is 0 Å². The normalized spacial score (nSPS) is 16.7. The summed E-state index contributed by atoms with van der Waals surface area (Å²) in [4.78, 5) is 17.2. The number of hydrogen-bond donors (Lipinski definition) is 1. The smallest absolute Gasteiger partial charge is 0.318 e. The summed E-state index contributed by atoms with van der Waals surface area (Å²) >= 11 is 0. The first-order valence-corrected chi connectivity index (χ1v) is 10.1. The number of carbonyl (C=O) groups excluding carboxylic acids is 1. The largest absolute Gasteiger partial charge is 0.334 e. The van der Waals surface area contributed by atoms with E-state index in [9.17, 15) is 4.79 Å². The lowest BCUT2D eigenvalue weighted by atomic mass is 10.0. The van der Waals surface area contributed by atoms with Crippen LogP contribution in [0.15, 0.2) is 54.6 Å². The zero-order chi connectivity index (χ0) is 19.1. The van der Waals surface area contributed by atoms with Crippen molar-refractivity contribution in [2.75, 3.05) is 19.6 Å². The minimum Gasteiger partial charge on any atom is -0.334 e. The van der Waals surface area contributed by atoms with Gasteiger partial charge in [-0.2, -0.15) is 0 Å². The predicted molar refractivity (Wildman–Crippen MR) is 110 cm³/mol. The van der Waals surface area contributed by atoms with Crippen LogP contribution in [0.5, 0.6) is 0 Å². The summed E-state index contributed by atoms with van der Waals surface area (Å²) in [5.41, 5.74) is 3.72. The van der Waals surface area contributed by atoms with Crippen molar-refractivity contribution in [1.29, 1.82) is 0 Å². The Morgan fingerprint density at radius 3 is 2.41 bits per heavy atom. The number of carbonyl (C=O) groups is 1. The average molecular weight is 366 g/mol. The number of nitrogens with zero attached hydrogens (tertiary/aromatic N) is 2. The predicted octanol–water partition coefficient (Wildman–Crippen LogP) is 4.58. The van der Waals surface area contributed by atoms with Gasteiger partial charge < -0.3 is 10.2 Å². The van der Waals surface area contributed by atoms with Gasteiger partial charge in [-0.3, -0.25) is 4.90 Å². The van der Waals surface area contributed by atoms with E-state index in [0.717, 1.165) is 39.0 Å². The highest BCUT2D eigenvalue weighted by atomic mass is 16.2. The van der Waals surface area contributed by atoms with Crippen molar-refractivity contribution < 1.29 is 4.79 Å². The van der Waals surface area contributed by atoms with Crippen LogP contribution in [0.1, 0.15) is 49.4 Å². The van der Waals surface area contributed by atoms with Gasteiger partial charge in [0, 0.05) is 19.6 Å². The lowest BCUT2D eigenvalue weighted by molar-refractivity contribution is 0.192. The van der Waals surface area contributed by atoms with Crippen molar-refractivity contribution in [3.8, 4) is 0 Å². The van der Waals surface area contributed by atoms with Crippen LogP contribution in [0.25, 0.3) is 0 Å². The molecule has 1 atom stereocenters. The van der Waals surface area contributed by atoms with Gasteiger partial charge in [-0.15, -0.1) is 0 Å². The highest BCUT2D eigenvalue weighted by molar-refractivity contribution is 5.75. The van der Waals surface area contributed by atoms with Crippen LogP contribution < -0.4 is 5.32 Å². The highest BCUT2D eigenvalue weighted by Crippen LogP contribution is 2.31. The molecule has 2 aromatic rings. The maximum absolute atomic E-state index is 12.9. The van der Waals surface area contributed by atoms with Crippen molar-refractivity contribution in [2.45, 2.75) is 45.8 Å². The molecule has 0 saturated carbocycles. The molecule has 2 aromatic carbocycles. The number of rotatable bonds is 7. The van der Waals surface area contributed by atoms with E-state index in [1.165, 1.54) is 16.7 Å². The Labute approximate surface area is 163 Å². The molecule has 27 heavy (non-hydrogen) atoms. The molecule has 2 amide bonds. The van der Waals surface area contributed by atoms with Gasteiger partial charge >= 0.3 is 6.03 Å². The van der Waals surface area contributed by atoms with Crippen molar-refractivity contribution in [2.24, 2.45) is 0 Å². The molecule has 1 heterocycles. The average Bonchev–Trinajstić information content (AvgIpc) is 3.21. The molecule has 144 valence electrons. The maximum atomic E-state index is 12.9. The van der Waals surface area contributed by atoms with E-state index in [1.807, 2.05) is 23.1 Å². The number of likely N-dealkylation sites (tertiary alicyclic amines) is 1. The Morgan fingerprint density at radius 2 is 1.70 bits per heavy atom. The first-order valence-electron chi connectivity index (χ1n) is 10.1. The molecule has 0 spiro atoms. The van der Waals surface area contributed by atoms with Gasteiger partial charge in [0.1, 0.15) is 0 Å². The van der Waals surface area contributed by atoms with E-state index in [4.69, 9.17) is 0 Å². The summed E-state index contributed by atoms with van der Waals surface area (Å²) in [5, 5.41) is 3.16. The summed E-state index contributed by atoms with van der Waals surface area (Å²) < 4.78 is 0. The minimum atomic E-state index is 0.0407. The van der Waals surface area contributed by atoms with Gasteiger partial charge in [0.25, 0.3) is 0 Å². The minimum absolute atomic E-state index is 0.0407. The monoisotopic (exact) mass is 365 g/mol. The second kappa shape index (κ2) is 9.56. The van der Waals surface area contributed by atoms with Crippen molar-refractivity contribution >= 4 is 6.03 Å². The third-order valence-electron chi connectivity index (χ3n) is 5.53. The summed E-state index contributed by atoms with van der Waals surface area (Å²) in [7, 11) is 0. The Balaban J connectivity index is 1.64. The molecule has 1 N–H and O–H groups in total. The molecule has 0 radical (unpaired) electrons. The molecule has 4 nitrogen and oxygen atoms in total. The maximum Gasteiger partial charge on any atom is 0.318 e. The van der Waals surface area contributed by atoms with E-state index in [2.05, 4.69) is 60.5 Å². The van der Waals surface area contributed by atoms with Gasteiger partial charge in [0.05, 0.1) is 6.04 Å². The summed E-state index contributed by atoms with van der Waals surface area (Å²) in [6.45, 7) is 8.76. The van der Waals surface area contributed by atoms with Crippen LogP contribution in [-0.2, 0) is 13.1 Å². The molecule has 0 aliphatic carbocycles. The van der Waals surface area contributed by atoms with Gasteiger partial charge in [-0.1, -0.05) is 68.4 Å². The molecular weight excluding hydrogens is 334 g/mol. The number of nitrogens with one attached hydrogen (secondary N) is 1. The molecule has 1 unspecified atom stereocenters. The molecule has 1 aliphatic rings. The van der Waals surface area contributed by atoms with Gasteiger partial charge in [-0.05, 0) is 42.6 Å². The number of hydrogen-bond acceptors (Lipinski definition) is 2. The van der Waals surface area contributed by atoms with Crippen LogP contribution in [0, 0.1) is 0 Å². The van der Waals surface area contributed by atoms with E-state index in [-0.39, 0.29) is 12.1 Å². The third-order valence-corrected chi connectivity index (χ3v) is 5.53. The van der Waals surface area contributed by atoms with Crippen molar-refractivity contribution in [3.05, 3.63) is 71.3 Å².